The molecular formula is C24H34N2O4. The largest absolute Gasteiger partial charge is 0.493 e. The lowest BCUT2D eigenvalue weighted by molar-refractivity contribution is -0.137. The van der Waals surface area contributed by atoms with Gasteiger partial charge in [-0.05, 0) is 74.8 Å². The van der Waals surface area contributed by atoms with Crippen molar-refractivity contribution in [1.82, 2.24) is 10.2 Å². The van der Waals surface area contributed by atoms with E-state index in [1.807, 2.05) is 29.2 Å². The number of carbonyl (C=O) groups excluding carboxylic acids is 1. The smallest absolute Gasteiger partial charge is 0.317 e. The molecule has 30 heavy (non-hydrogen) atoms. The molecule has 1 saturated heterocycles. The van der Waals surface area contributed by atoms with Crippen LogP contribution in [0.25, 0.3) is 0 Å². The van der Waals surface area contributed by atoms with Gasteiger partial charge in [0.2, 0.25) is 0 Å². The first kappa shape index (κ1) is 20.0. The Labute approximate surface area is 178 Å². The van der Waals surface area contributed by atoms with Crippen LogP contribution in [0.15, 0.2) is 24.3 Å². The van der Waals surface area contributed by atoms with Crippen LogP contribution in [0.1, 0.15) is 44.9 Å². The van der Waals surface area contributed by atoms with Crippen LogP contribution in [-0.4, -0.2) is 54.5 Å². The molecule has 1 aromatic rings. The van der Waals surface area contributed by atoms with Gasteiger partial charge in [0.05, 0.1) is 19.3 Å². The summed E-state index contributed by atoms with van der Waals surface area (Å²) in [4.78, 5) is 15.1. The van der Waals surface area contributed by atoms with Gasteiger partial charge in [0, 0.05) is 25.0 Å². The Bertz CT molecular complexity index is 768. The minimum atomic E-state index is -0.455. The molecule has 6 nitrogen and oxygen atoms in total. The second-order valence-electron chi connectivity index (χ2n) is 10.1. The predicted molar refractivity (Wildman–Crippen MR) is 114 cm³/mol. The summed E-state index contributed by atoms with van der Waals surface area (Å²) in [5.41, 5.74) is -0.455. The molecule has 5 fully saturated rings. The number of likely N-dealkylation sites (tertiary alicyclic amines) is 1. The highest BCUT2D eigenvalue weighted by atomic mass is 16.5. The normalized spacial score (nSPS) is 37.1. The number of rotatable bonds is 5. The molecule has 4 saturated carbocycles. The van der Waals surface area contributed by atoms with E-state index >= 15 is 0 Å². The van der Waals surface area contributed by atoms with Crippen molar-refractivity contribution in [2.24, 2.45) is 23.7 Å². The lowest BCUT2D eigenvalue weighted by Crippen LogP contribution is -2.63. The number of urea groups is 1. The Balaban J connectivity index is 1.16. The SMILES string of the molecule is COc1ccccc1OC[C@@H]1CCCN(C(=O)NC2C3CC4CC2CC(O)(C4)C3)C1. The number of amides is 2. The summed E-state index contributed by atoms with van der Waals surface area (Å²) in [6, 6.07) is 8.01. The van der Waals surface area contributed by atoms with Crippen LogP contribution in [0.2, 0.25) is 0 Å². The van der Waals surface area contributed by atoms with Crippen molar-refractivity contribution in [3.8, 4) is 11.5 Å². The van der Waals surface area contributed by atoms with Crippen LogP contribution in [0.4, 0.5) is 4.79 Å². The molecule has 1 aromatic carbocycles. The molecule has 164 valence electrons. The lowest BCUT2D eigenvalue weighted by atomic mass is 9.52. The number of hydrogen-bond acceptors (Lipinski definition) is 4. The monoisotopic (exact) mass is 414 g/mol. The van der Waals surface area contributed by atoms with E-state index in [1.54, 1.807) is 7.11 Å². The molecule has 0 radical (unpaired) electrons. The minimum absolute atomic E-state index is 0.0708. The van der Waals surface area contributed by atoms with Crippen LogP contribution < -0.4 is 14.8 Å². The molecule has 5 aliphatic rings. The zero-order valence-corrected chi connectivity index (χ0v) is 17.9. The summed E-state index contributed by atoms with van der Waals surface area (Å²) in [6.45, 7) is 2.13. The number of benzene rings is 1. The maximum Gasteiger partial charge on any atom is 0.317 e. The molecule has 2 unspecified atom stereocenters. The number of nitrogens with zero attached hydrogens (tertiary/aromatic N) is 1. The third kappa shape index (κ3) is 3.86. The first-order valence-corrected chi connectivity index (χ1v) is 11.6. The Morgan fingerprint density at radius 2 is 1.93 bits per heavy atom. The lowest BCUT2D eigenvalue weighted by Gasteiger charge is -2.58. The van der Waals surface area contributed by atoms with E-state index in [4.69, 9.17) is 9.47 Å². The molecule has 2 amide bonds. The van der Waals surface area contributed by atoms with Gasteiger partial charge in [-0.2, -0.15) is 0 Å². The summed E-state index contributed by atoms with van der Waals surface area (Å²) < 4.78 is 11.4. The highest BCUT2D eigenvalue weighted by Crippen LogP contribution is 2.55. The van der Waals surface area contributed by atoms with Crippen molar-refractivity contribution in [2.75, 3.05) is 26.8 Å². The number of para-hydroxylation sites is 2. The molecule has 2 N–H and O–H groups in total. The Kier molecular flexibility index (Phi) is 5.30. The first-order chi connectivity index (χ1) is 14.5. The third-order valence-electron chi connectivity index (χ3n) is 7.88. The van der Waals surface area contributed by atoms with Gasteiger partial charge in [0.15, 0.2) is 11.5 Å². The summed E-state index contributed by atoms with van der Waals surface area (Å²) in [5.74, 6) is 3.37. The van der Waals surface area contributed by atoms with Crippen molar-refractivity contribution in [3.05, 3.63) is 24.3 Å². The minimum Gasteiger partial charge on any atom is -0.493 e. The van der Waals surface area contributed by atoms with E-state index in [-0.39, 0.29) is 12.1 Å². The first-order valence-electron chi connectivity index (χ1n) is 11.6. The van der Waals surface area contributed by atoms with E-state index < -0.39 is 5.60 Å². The second-order valence-corrected chi connectivity index (χ2v) is 10.1. The van der Waals surface area contributed by atoms with Crippen LogP contribution >= 0.6 is 0 Å². The number of aliphatic hydroxyl groups is 1. The summed E-state index contributed by atoms with van der Waals surface area (Å²) in [7, 11) is 1.65. The topological polar surface area (TPSA) is 71.0 Å². The molecular weight excluding hydrogens is 380 g/mol. The number of methoxy groups -OCH3 is 1. The number of ether oxygens (including phenoxy) is 2. The van der Waals surface area contributed by atoms with Gasteiger partial charge in [0.25, 0.3) is 0 Å². The van der Waals surface area contributed by atoms with Crippen LogP contribution in [0.3, 0.4) is 0 Å². The van der Waals surface area contributed by atoms with Crippen molar-refractivity contribution in [3.63, 3.8) is 0 Å². The van der Waals surface area contributed by atoms with Crippen LogP contribution in [-0.2, 0) is 0 Å². The van der Waals surface area contributed by atoms with Gasteiger partial charge in [-0.3, -0.25) is 0 Å². The predicted octanol–water partition coefficient (Wildman–Crippen LogP) is 3.44. The number of hydrogen-bond donors (Lipinski definition) is 2. The van der Waals surface area contributed by atoms with Crippen molar-refractivity contribution in [1.29, 1.82) is 0 Å². The molecule has 4 aliphatic carbocycles. The molecule has 6 rings (SSSR count). The van der Waals surface area contributed by atoms with Gasteiger partial charge in [-0.1, -0.05) is 12.1 Å². The second kappa shape index (κ2) is 7.95. The highest BCUT2D eigenvalue weighted by molar-refractivity contribution is 5.74. The quantitative estimate of drug-likeness (QED) is 0.774. The fourth-order valence-electron chi connectivity index (χ4n) is 6.78. The standard InChI is InChI=1S/C24H34N2O4/c1-29-20-6-2-3-7-21(20)30-15-16-5-4-8-26(14-16)23(27)25-22-18-9-17-10-19(22)13-24(28,11-17)12-18/h2-3,6-7,16-19,22,28H,4-5,8-15H2,1H3,(H,25,27)/t16-,17?,18?,19?,22?,24?/m1/s1. The summed E-state index contributed by atoms with van der Waals surface area (Å²) in [6.07, 6.45) is 7.11. The molecule has 1 aliphatic heterocycles. The van der Waals surface area contributed by atoms with Gasteiger partial charge in [-0.25, -0.2) is 4.79 Å². The van der Waals surface area contributed by atoms with Gasteiger partial charge in [-0.15, -0.1) is 0 Å². The maximum absolute atomic E-state index is 13.1. The molecule has 6 heteroatoms. The summed E-state index contributed by atoms with van der Waals surface area (Å²) >= 11 is 0. The Morgan fingerprint density at radius 3 is 2.63 bits per heavy atom. The summed E-state index contributed by atoms with van der Waals surface area (Å²) in [5, 5.41) is 14.2. The Morgan fingerprint density at radius 1 is 1.20 bits per heavy atom. The van der Waals surface area contributed by atoms with Crippen molar-refractivity contribution in [2.45, 2.75) is 56.6 Å². The average molecular weight is 415 g/mol. The Hall–Kier alpha value is -1.95. The molecule has 0 spiro atoms. The van der Waals surface area contributed by atoms with Crippen molar-refractivity contribution >= 4 is 6.03 Å². The van der Waals surface area contributed by atoms with Crippen molar-refractivity contribution < 1.29 is 19.4 Å². The highest BCUT2D eigenvalue weighted by Gasteiger charge is 2.55. The van der Waals surface area contributed by atoms with Crippen LogP contribution in [0, 0.1) is 23.7 Å². The van der Waals surface area contributed by atoms with Gasteiger partial charge in [0.1, 0.15) is 0 Å². The fraction of sp³-hybridized carbons (Fsp3) is 0.708. The number of carbonyl (C=O) groups is 1. The zero-order chi connectivity index (χ0) is 20.7. The van der Waals surface area contributed by atoms with E-state index in [0.29, 0.717) is 30.3 Å². The van der Waals surface area contributed by atoms with E-state index in [0.717, 1.165) is 56.7 Å². The molecule has 1 heterocycles. The van der Waals surface area contributed by atoms with Gasteiger partial charge < -0.3 is 24.8 Å². The van der Waals surface area contributed by atoms with E-state index in [1.165, 1.54) is 12.8 Å². The number of piperidine rings is 1. The number of nitrogens with one attached hydrogen (secondary N) is 1. The molecule has 3 atom stereocenters. The van der Waals surface area contributed by atoms with Crippen LogP contribution in [0.5, 0.6) is 11.5 Å². The third-order valence-corrected chi connectivity index (χ3v) is 7.88. The maximum atomic E-state index is 13.1. The van der Waals surface area contributed by atoms with E-state index in [2.05, 4.69) is 5.32 Å². The van der Waals surface area contributed by atoms with Gasteiger partial charge >= 0.3 is 6.03 Å². The zero-order valence-electron chi connectivity index (χ0n) is 17.9. The van der Waals surface area contributed by atoms with E-state index in [9.17, 15) is 9.90 Å². The molecule has 4 bridgehead atoms. The average Bonchev–Trinajstić information content (AvgIpc) is 2.74. The molecule has 0 aromatic heterocycles. The fourth-order valence-corrected chi connectivity index (χ4v) is 6.78.